The molecule has 2 aromatic rings. The zero-order valence-corrected chi connectivity index (χ0v) is 8.93. The number of hydrogen-bond donors (Lipinski definition) is 1. The third kappa shape index (κ3) is 1.66. The van der Waals surface area contributed by atoms with E-state index >= 15 is 0 Å². The molecule has 1 heterocycles. The molecular weight excluding hydrogens is 204 g/mol. The summed E-state index contributed by atoms with van der Waals surface area (Å²) in [6.07, 6.45) is 2.19. The van der Waals surface area contributed by atoms with Crippen LogP contribution in [0.4, 0.5) is 0 Å². The lowest BCUT2D eigenvalue weighted by Crippen LogP contribution is -1.92. The van der Waals surface area contributed by atoms with Crippen LogP contribution in [-0.2, 0) is 6.61 Å². The zero-order valence-electron chi connectivity index (χ0n) is 8.93. The first-order chi connectivity index (χ1) is 7.77. The fraction of sp³-hybridized carbons (Fsp3) is 0.154. The largest absolute Gasteiger partial charge is 0.461 e. The highest BCUT2D eigenvalue weighted by molar-refractivity contribution is 5.85. The van der Waals surface area contributed by atoms with E-state index in [0.717, 1.165) is 22.3 Å². The predicted molar refractivity (Wildman–Crippen MR) is 60.2 cm³/mol. The second kappa shape index (κ2) is 4.33. The van der Waals surface area contributed by atoms with Crippen LogP contribution in [0.25, 0.3) is 11.1 Å². The van der Waals surface area contributed by atoms with Gasteiger partial charge in [-0.15, -0.1) is 0 Å². The molecule has 0 bridgehead atoms. The predicted octanol–water partition coefficient (Wildman–Crippen LogP) is 2.56. The van der Waals surface area contributed by atoms with Gasteiger partial charge in [0.2, 0.25) is 0 Å². The second-order valence-corrected chi connectivity index (χ2v) is 3.56. The Balaban J connectivity index is 2.60. The number of furan rings is 1. The van der Waals surface area contributed by atoms with Crippen LogP contribution in [0.3, 0.4) is 0 Å². The maximum atomic E-state index is 10.8. The number of aldehydes is 1. The molecule has 3 nitrogen and oxygen atoms in total. The Bertz CT molecular complexity index is 512. The highest BCUT2D eigenvalue weighted by atomic mass is 16.3. The van der Waals surface area contributed by atoms with E-state index in [1.807, 2.05) is 25.1 Å². The number of rotatable bonds is 3. The first-order valence-corrected chi connectivity index (χ1v) is 5.00. The Morgan fingerprint density at radius 1 is 1.31 bits per heavy atom. The molecule has 0 saturated heterocycles. The summed E-state index contributed by atoms with van der Waals surface area (Å²) >= 11 is 0. The van der Waals surface area contributed by atoms with Gasteiger partial charge in [-0.05, 0) is 29.7 Å². The molecule has 1 aromatic carbocycles. The molecule has 0 unspecified atom stereocenters. The molecule has 0 atom stereocenters. The van der Waals surface area contributed by atoms with Crippen molar-refractivity contribution in [3.63, 3.8) is 0 Å². The van der Waals surface area contributed by atoms with Gasteiger partial charge in [-0.2, -0.15) is 0 Å². The van der Waals surface area contributed by atoms with Crippen molar-refractivity contribution >= 4 is 6.29 Å². The van der Waals surface area contributed by atoms with Crippen molar-refractivity contribution in [2.75, 3.05) is 0 Å². The lowest BCUT2D eigenvalue weighted by molar-refractivity contribution is 0.110. The number of hydrogen-bond acceptors (Lipinski definition) is 3. The summed E-state index contributed by atoms with van der Waals surface area (Å²) in [5.74, 6) is 0.318. The highest BCUT2D eigenvalue weighted by Crippen LogP contribution is 2.28. The smallest absolute Gasteiger partial charge is 0.185 e. The molecule has 0 aliphatic heterocycles. The topological polar surface area (TPSA) is 50.4 Å². The van der Waals surface area contributed by atoms with Gasteiger partial charge < -0.3 is 9.52 Å². The molecule has 0 radical (unpaired) electrons. The Kier molecular flexibility index (Phi) is 2.88. The lowest BCUT2D eigenvalue weighted by atomic mass is 9.97. The van der Waals surface area contributed by atoms with Crippen LogP contribution in [0.2, 0.25) is 0 Å². The van der Waals surface area contributed by atoms with E-state index in [4.69, 9.17) is 4.42 Å². The molecule has 0 aliphatic carbocycles. The fourth-order valence-corrected chi connectivity index (χ4v) is 1.78. The average molecular weight is 216 g/mol. The lowest BCUT2D eigenvalue weighted by Gasteiger charge is -2.08. The van der Waals surface area contributed by atoms with Gasteiger partial charge in [-0.25, -0.2) is 0 Å². The van der Waals surface area contributed by atoms with Gasteiger partial charge in [0.05, 0.1) is 12.9 Å². The molecule has 2 rings (SSSR count). The van der Waals surface area contributed by atoms with Crippen LogP contribution in [-0.4, -0.2) is 11.4 Å². The van der Waals surface area contributed by atoms with Gasteiger partial charge >= 0.3 is 0 Å². The number of aliphatic hydroxyl groups excluding tert-OH is 1. The summed E-state index contributed by atoms with van der Waals surface area (Å²) in [7, 11) is 0. The number of aliphatic hydroxyl groups is 1. The van der Waals surface area contributed by atoms with Gasteiger partial charge in [-0.1, -0.05) is 18.2 Å². The zero-order chi connectivity index (χ0) is 11.5. The van der Waals surface area contributed by atoms with Crippen LogP contribution >= 0.6 is 0 Å². The molecule has 1 aromatic heterocycles. The first-order valence-electron chi connectivity index (χ1n) is 5.00. The SMILES string of the molecule is Cc1c(CO)cccc1-c1ccoc1C=O. The van der Waals surface area contributed by atoms with E-state index in [0.29, 0.717) is 12.0 Å². The minimum absolute atomic E-state index is 0.00600. The van der Waals surface area contributed by atoms with E-state index in [1.54, 1.807) is 6.07 Å². The van der Waals surface area contributed by atoms with Gasteiger partial charge in [0.15, 0.2) is 12.0 Å². The van der Waals surface area contributed by atoms with Crippen molar-refractivity contribution in [1.29, 1.82) is 0 Å². The van der Waals surface area contributed by atoms with E-state index in [1.165, 1.54) is 6.26 Å². The summed E-state index contributed by atoms with van der Waals surface area (Å²) in [5.41, 5.74) is 3.51. The summed E-state index contributed by atoms with van der Waals surface area (Å²) in [5, 5.41) is 9.17. The van der Waals surface area contributed by atoms with E-state index < -0.39 is 0 Å². The Labute approximate surface area is 93.3 Å². The molecule has 3 heteroatoms. The quantitative estimate of drug-likeness (QED) is 0.802. The van der Waals surface area contributed by atoms with Gasteiger partial charge in [0.25, 0.3) is 0 Å². The normalized spacial score (nSPS) is 10.4. The molecule has 16 heavy (non-hydrogen) atoms. The number of benzene rings is 1. The van der Waals surface area contributed by atoms with E-state index in [2.05, 4.69) is 0 Å². The molecule has 0 saturated carbocycles. The average Bonchev–Trinajstić information content (AvgIpc) is 2.77. The molecule has 82 valence electrons. The standard InChI is InChI=1S/C13H12O3/c1-9-10(7-14)3-2-4-11(9)12-5-6-16-13(12)8-15/h2-6,8,14H,7H2,1H3. The van der Waals surface area contributed by atoms with Gasteiger partial charge in [0, 0.05) is 5.56 Å². The van der Waals surface area contributed by atoms with Crippen LogP contribution in [0.5, 0.6) is 0 Å². The third-order valence-electron chi connectivity index (χ3n) is 2.71. The summed E-state index contributed by atoms with van der Waals surface area (Å²) < 4.78 is 5.07. The highest BCUT2D eigenvalue weighted by Gasteiger charge is 2.11. The van der Waals surface area contributed by atoms with Gasteiger partial charge in [0.1, 0.15) is 0 Å². The molecule has 0 amide bonds. The molecule has 1 N–H and O–H groups in total. The minimum atomic E-state index is -0.00600. The first kappa shape index (κ1) is 10.6. The van der Waals surface area contributed by atoms with Crippen molar-refractivity contribution in [3.8, 4) is 11.1 Å². The number of carbonyl (C=O) groups is 1. The second-order valence-electron chi connectivity index (χ2n) is 3.56. The van der Waals surface area contributed by atoms with Crippen molar-refractivity contribution in [2.45, 2.75) is 13.5 Å². The van der Waals surface area contributed by atoms with Crippen molar-refractivity contribution in [3.05, 3.63) is 47.4 Å². The Hall–Kier alpha value is -1.87. The van der Waals surface area contributed by atoms with Crippen LogP contribution in [0, 0.1) is 6.92 Å². The van der Waals surface area contributed by atoms with Crippen LogP contribution in [0.15, 0.2) is 34.9 Å². The Morgan fingerprint density at radius 2 is 2.12 bits per heavy atom. The van der Waals surface area contributed by atoms with E-state index in [-0.39, 0.29) is 6.61 Å². The Morgan fingerprint density at radius 3 is 2.81 bits per heavy atom. The van der Waals surface area contributed by atoms with Crippen molar-refractivity contribution in [2.24, 2.45) is 0 Å². The van der Waals surface area contributed by atoms with Crippen molar-refractivity contribution in [1.82, 2.24) is 0 Å². The molecular formula is C13H12O3. The van der Waals surface area contributed by atoms with Crippen LogP contribution < -0.4 is 0 Å². The number of carbonyl (C=O) groups excluding carboxylic acids is 1. The molecule has 0 spiro atoms. The maximum Gasteiger partial charge on any atom is 0.185 e. The fourth-order valence-electron chi connectivity index (χ4n) is 1.78. The van der Waals surface area contributed by atoms with Crippen molar-refractivity contribution < 1.29 is 14.3 Å². The van der Waals surface area contributed by atoms with E-state index in [9.17, 15) is 9.90 Å². The third-order valence-corrected chi connectivity index (χ3v) is 2.71. The summed E-state index contributed by atoms with van der Waals surface area (Å²) in [4.78, 5) is 10.8. The maximum absolute atomic E-state index is 10.8. The summed E-state index contributed by atoms with van der Waals surface area (Å²) in [6, 6.07) is 7.38. The molecule has 0 fully saturated rings. The summed E-state index contributed by atoms with van der Waals surface area (Å²) in [6.45, 7) is 1.91. The van der Waals surface area contributed by atoms with Gasteiger partial charge in [-0.3, -0.25) is 4.79 Å². The monoisotopic (exact) mass is 216 g/mol. The minimum Gasteiger partial charge on any atom is -0.461 e. The van der Waals surface area contributed by atoms with Crippen LogP contribution in [0.1, 0.15) is 21.7 Å². The molecule has 0 aliphatic rings.